The summed E-state index contributed by atoms with van der Waals surface area (Å²) in [6, 6.07) is 2.81. The van der Waals surface area contributed by atoms with E-state index in [2.05, 4.69) is 19.9 Å². The van der Waals surface area contributed by atoms with E-state index in [-0.39, 0.29) is 5.41 Å². The molecule has 0 aromatic carbocycles. The monoisotopic (exact) mass is 303 g/mol. The van der Waals surface area contributed by atoms with E-state index in [0.717, 1.165) is 17.8 Å². The van der Waals surface area contributed by atoms with Crippen molar-refractivity contribution in [1.29, 1.82) is 5.26 Å². The fraction of sp³-hybridized carbons (Fsp3) is 0.952. The van der Waals surface area contributed by atoms with Crippen LogP contribution in [0, 0.1) is 34.5 Å². The number of hydrogen-bond acceptors (Lipinski definition) is 1. The van der Waals surface area contributed by atoms with Crippen LogP contribution in [0.5, 0.6) is 0 Å². The zero-order valence-electron chi connectivity index (χ0n) is 15.1. The van der Waals surface area contributed by atoms with Gasteiger partial charge in [0.1, 0.15) is 0 Å². The highest BCUT2D eigenvalue weighted by molar-refractivity contribution is 5.08. The van der Waals surface area contributed by atoms with Crippen molar-refractivity contribution >= 4 is 0 Å². The molecule has 0 aromatic heterocycles. The lowest BCUT2D eigenvalue weighted by Gasteiger charge is -2.48. The van der Waals surface area contributed by atoms with E-state index in [4.69, 9.17) is 0 Å². The van der Waals surface area contributed by atoms with Crippen LogP contribution >= 0.6 is 0 Å². The van der Waals surface area contributed by atoms with Crippen molar-refractivity contribution in [2.75, 3.05) is 0 Å². The van der Waals surface area contributed by atoms with Crippen molar-refractivity contribution in [2.45, 2.75) is 104 Å². The van der Waals surface area contributed by atoms with Crippen molar-refractivity contribution < 1.29 is 0 Å². The predicted molar refractivity (Wildman–Crippen MR) is 94.5 cm³/mol. The Kier molecular flexibility index (Phi) is 7.26. The molecule has 2 aliphatic carbocycles. The minimum atomic E-state index is 0.0663. The maximum Gasteiger partial charge on any atom is 0.0692 e. The fourth-order valence-electron chi connectivity index (χ4n) is 5.27. The van der Waals surface area contributed by atoms with Gasteiger partial charge in [-0.3, -0.25) is 0 Å². The average Bonchev–Trinajstić information content (AvgIpc) is 2.55. The maximum atomic E-state index is 9.87. The van der Waals surface area contributed by atoms with E-state index >= 15 is 0 Å². The summed E-state index contributed by atoms with van der Waals surface area (Å²) < 4.78 is 0. The quantitative estimate of drug-likeness (QED) is 0.449. The lowest BCUT2D eigenvalue weighted by molar-refractivity contribution is 0.0370. The van der Waals surface area contributed by atoms with E-state index in [1.807, 2.05) is 0 Å². The van der Waals surface area contributed by atoms with Crippen LogP contribution in [0.15, 0.2) is 0 Å². The summed E-state index contributed by atoms with van der Waals surface area (Å²) in [7, 11) is 0. The van der Waals surface area contributed by atoms with Crippen LogP contribution in [-0.2, 0) is 0 Å². The summed E-state index contributed by atoms with van der Waals surface area (Å²) in [6.45, 7) is 4.58. The van der Waals surface area contributed by atoms with Gasteiger partial charge in [-0.05, 0) is 49.9 Å². The van der Waals surface area contributed by atoms with E-state index in [0.29, 0.717) is 0 Å². The highest BCUT2D eigenvalue weighted by atomic mass is 14.5. The maximum absolute atomic E-state index is 9.87. The van der Waals surface area contributed by atoms with Gasteiger partial charge < -0.3 is 0 Å². The van der Waals surface area contributed by atoms with Crippen LogP contribution in [0.3, 0.4) is 0 Å². The Balaban J connectivity index is 1.79. The third-order valence-corrected chi connectivity index (χ3v) is 6.61. The number of unbranched alkanes of at least 4 members (excludes halogenated alkanes) is 4. The zero-order chi connectivity index (χ0) is 15.8. The second-order valence-electron chi connectivity index (χ2n) is 8.24. The van der Waals surface area contributed by atoms with Crippen molar-refractivity contribution in [3.63, 3.8) is 0 Å². The molecule has 0 aromatic rings. The Morgan fingerprint density at radius 1 is 0.909 bits per heavy atom. The molecule has 126 valence electrons. The standard InChI is InChI=1S/C21H37N/c1-3-5-6-7-8-10-18-13-14-21(17-22)16-19(9-4-2)11-12-20(21)15-18/h18-20H,3-16H2,1-2H3. The van der Waals surface area contributed by atoms with Crippen LogP contribution in [0.1, 0.15) is 104 Å². The van der Waals surface area contributed by atoms with Crippen LogP contribution in [0.25, 0.3) is 0 Å². The van der Waals surface area contributed by atoms with Crippen LogP contribution in [0.4, 0.5) is 0 Å². The Morgan fingerprint density at radius 3 is 2.45 bits per heavy atom. The van der Waals surface area contributed by atoms with Crippen molar-refractivity contribution in [1.82, 2.24) is 0 Å². The molecule has 0 N–H and O–H groups in total. The molecule has 22 heavy (non-hydrogen) atoms. The zero-order valence-corrected chi connectivity index (χ0v) is 15.1. The van der Waals surface area contributed by atoms with Crippen LogP contribution in [-0.4, -0.2) is 0 Å². The SMILES string of the molecule is CCCCCCCC1CCC2(C#N)CC(CCC)CCC2C1. The van der Waals surface area contributed by atoms with Crippen molar-refractivity contribution in [2.24, 2.45) is 23.2 Å². The van der Waals surface area contributed by atoms with Gasteiger partial charge in [-0.15, -0.1) is 0 Å². The van der Waals surface area contributed by atoms with Crippen molar-refractivity contribution in [3.05, 3.63) is 0 Å². The average molecular weight is 304 g/mol. The Labute approximate surface area is 138 Å². The third kappa shape index (κ3) is 4.50. The molecular weight excluding hydrogens is 266 g/mol. The molecule has 0 saturated heterocycles. The minimum Gasteiger partial charge on any atom is -0.198 e. The highest BCUT2D eigenvalue weighted by Gasteiger charge is 2.47. The number of rotatable bonds is 8. The van der Waals surface area contributed by atoms with E-state index < -0.39 is 0 Å². The molecule has 0 heterocycles. The molecule has 0 amide bonds. The van der Waals surface area contributed by atoms with Gasteiger partial charge in [0, 0.05) is 0 Å². The predicted octanol–water partition coefficient (Wildman–Crippen LogP) is 6.87. The number of fused-ring (bicyclic) bond motifs is 1. The van der Waals surface area contributed by atoms with Gasteiger partial charge in [0.25, 0.3) is 0 Å². The Hall–Kier alpha value is -0.510. The lowest BCUT2D eigenvalue weighted by Crippen LogP contribution is -2.40. The van der Waals surface area contributed by atoms with Crippen LogP contribution in [0.2, 0.25) is 0 Å². The Morgan fingerprint density at radius 2 is 1.73 bits per heavy atom. The first-order valence-corrected chi connectivity index (χ1v) is 10.1. The minimum absolute atomic E-state index is 0.0663. The first-order chi connectivity index (χ1) is 10.7. The first-order valence-electron chi connectivity index (χ1n) is 10.1. The summed E-state index contributed by atoms with van der Waals surface area (Å²) in [5.74, 6) is 2.49. The van der Waals surface area contributed by atoms with Gasteiger partial charge in [-0.25, -0.2) is 0 Å². The molecule has 0 aliphatic heterocycles. The molecule has 1 nitrogen and oxygen atoms in total. The van der Waals surface area contributed by atoms with Gasteiger partial charge in [0.2, 0.25) is 0 Å². The van der Waals surface area contributed by atoms with Crippen molar-refractivity contribution in [3.8, 4) is 6.07 Å². The van der Waals surface area contributed by atoms with Crippen LogP contribution < -0.4 is 0 Å². The Bertz CT molecular complexity index is 355. The molecule has 2 aliphatic rings. The molecule has 0 radical (unpaired) electrons. The molecule has 4 unspecified atom stereocenters. The molecule has 4 atom stereocenters. The molecule has 0 spiro atoms. The summed E-state index contributed by atoms with van der Waals surface area (Å²) in [5.41, 5.74) is 0.0663. The second kappa shape index (κ2) is 8.95. The largest absolute Gasteiger partial charge is 0.198 e. The summed E-state index contributed by atoms with van der Waals surface area (Å²) in [5, 5.41) is 9.87. The summed E-state index contributed by atoms with van der Waals surface area (Å²) >= 11 is 0. The first kappa shape index (κ1) is 17.8. The lowest BCUT2D eigenvalue weighted by atomic mass is 9.55. The molecular formula is C21H37N. The number of nitriles is 1. The number of hydrogen-bond donors (Lipinski definition) is 0. The second-order valence-corrected chi connectivity index (χ2v) is 8.24. The van der Waals surface area contributed by atoms with E-state index in [1.165, 1.54) is 89.9 Å². The van der Waals surface area contributed by atoms with Gasteiger partial charge in [0.15, 0.2) is 0 Å². The molecule has 2 fully saturated rings. The normalized spacial score (nSPS) is 34.9. The van der Waals surface area contributed by atoms with E-state index in [1.54, 1.807) is 0 Å². The number of nitrogens with zero attached hydrogens (tertiary/aromatic N) is 1. The molecule has 1 heteroatoms. The topological polar surface area (TPSA) is 23.8 Å². The summed E-state index contributed by atoms with van der Waals surface area (Å²) in [6.07, 6.45) is 18.9. The highest BCUT2D eigenvalue weighted by Crippen LogP contribution is 2.54. The fourth-order valence-corrected chi connectivity index (χ4v) is 5.27. The molecule has 0 bridgehead atoms. The summed E-state index contributed by atoms with van der Waals surface area (Å²) in [4.78, 5) is 0. The van der Waals surface area contributed by atoms with Gasteiger partial charge in [-0.1, -0.05) is 71.6 Å². The van der Waals surface area contributed by atoms with Gasteiger partial charge >= 0.3 is 0 Å². The van der Waals surface area contributed by atoms with E-state index in [9.17, 15) is 5.26 Å². The third-order valence-electron chi connectivity index (χ3n) is 6.61. The van der Waals surface area contributed by atoms with Gasteiger partial charge in [0.05, 0.1) is 11.5 Å². The molecule has 2 saturated carbocycles. The van der Waals surface area contributed by atoms with Gasteiger partial charge in [-0.2, -0.15) is 5.26 Å². The molecule has 2 rings (SSSR count). The smallest absolute Gasteiger partial charge is 0.0692 e.